The van der Waals surface area contributed by atoms with Crippen molar-refractivity contribution in [1.29, 1.82) is 0 Å². The quantitative estimate of drug-likeness (QED) is 0.672. The van der Waals surface area contributed by atoms with E-state index in [9.17, 15) is 4.79 Å². The second-order valence-corrected chi connectivity index (χ2v) is 3.63. The first-order chi connectivity index (χ1) is 6.83. The van der Waals surface area contributed by atoms with E-state index in [4.69, 9.17) is 0 Å². The molecule has 1 heteroatoms. The maximum Gasteiger partial charge on any atom is 0.133 e. The average molecular weight is 190 g/mol. The normalized spacial score (nSPS) is 10.1. The van der Waals surface area contributed by atoms with Gasteiger partial charge < -0.3 is 0 Å². The topological polar surface area (TPSA) is 17.1 Å². The van der Waals surface area contributed by atoms with E-state index in [-0.39, 0.29) is 0 Å². The molecule has 1 rings (SSSR count). The maximum absolute atomic E-state index is 11.4. The van der Waals surface area contributed by atoms with Crippen LogP contribution in [0.5, 0.6) is 0 Å². The number of rotatable bonds is 6. The summed E-state index contributed by atoms with van der Waals surface area (Å²) >= 11 is 0. The Morgan fingerprint density at radius 3 is 2.50 bits per heavy atom. The minimum absolute atomic E-state index is 0.399. The molecule has 76 valence electrons. The molecule has 1 aromatic rings. The Morgan fingerprint density at radius 1 is 1.14 bits per heavy atom. The molecule has 1 aromatic carbocycles. The van der Waals surface area contributed by atoms with Crippen molar-refractivity contribution >= 4 is 5.78 Å². The molecule has 0 aliphatic carbocycles. The molecule has 0 aromatic heterocycles. The molecule has 0 saturated carbocycles. The molecule has 0 unspecified atom stereocenters. The standard InChI is InChI=1S/C13H18O/c1-2-3-9-13(14)11-10-12-7-5-4-6-8-12/h4-8H,2-3,9-11H2,1H3. The van der Waals surface area contributed by atoms with Crippen LogP contribution in [0.2, 0.25) is 0 Å². The van der Waals surface area contributed by atoms with E-state index in [0.717, 1.165) is 25.7 Å². The van der Waals surface area contributed by atoms with E-state index in [1.54, 1.807) is 0 Å². The van der Waals surface area contributed by atoms with Crippen LogP contribution in [-0.2, 0) is 11.2 Å². The summed E-state index contributed by atoms with van der Waals surface area (Å²) in [5.74, 6) is 0.399. The fraction of sp³-hybridized carbons (Fsp3) is 0.462. The van der Waals surface area contributed by atoms with Gasteiger partial charge >= 0.3 is 0 Å². The van der Waals surface area contributed by atoms with Gasteiger partial charge in [0.25, 0.3) is 0 Å². The van der Waals surface area contributed by atoms with Gasteiger partial charge in [0, 0.05) is 12.8 Å². The zero-order valence-electron chi connectivity index (χ0n) is 8.83. The van der Waals surface area contributed by atoms with E-state index in [2.05, 4.69) is 19.1 Å². The van der Waals surface area contributed by atoms with Gasteiger partial charge in [-0.15, -0.1) is 0 Å². The van der Waals surface area contributed by atoms with Crippen LogP contribution in [0.15, 0.2) is 30.3 Å². The third-order valence-corrected chi connectivity index (χ3v) is 2.34. The van der Waals surface area contributed by atoms with Crippen LogP contribution < -0.4 is 0 Å². The summed E-state index contributed by atoms with van der Waals surface area (Å²) in [6, 6.07) is 10.2. The summed E-state index contributed by atoms with van der Waals surface area (Å²) < 4.78 is 0. The highest BCUT2D eigenvalue weighted by molar-refractivity contribution is 5.78. The van der Waals surface area contributed by atoms with Gasteiger partial charge in [-0.3, -0.25) is 4.79 Å². The van der Waals surface area contributed by atoms with Gasteiger partial charge in [0.2, 0.25) is 0 Å². The highest BCUT2D eigenvalue weighted by Gasteiger charge is 2.01. The fourth-order valence-corrected chi connectivity index (χ4v) is 1.43. The van der Waals surface area contributed by atoms with Gasteiger partial charge in [-0.2, -0.15) is 0 Å². The lowest BCUT2D eigenvalue weighted by Gasteiger charge is -2.00. The van der Waals surface area contributed by atoms with E-state index in [0.29, 0.717) is 12.2 Å². The molecule has 0 N–H and O–H groups in total. The van der Waals surface area contributed by atoms with E-state index in [1.165, 1.54) is 5.56 Å². The van der Waals surface area contributed by atoms with Crippen LogP contribution in [0.25, 0.3) is 0 Å². The van der Waals surface area contributed by atoms with Crippen LogP contribution in [0.4, 0.5) is 0 Å². The number of Topliss-reactive ketones (excluding diaryl/α,β-unsaturated/α-hetero) is 1. The monoisotopic (exact) mass is 190 g/mol. The molecule has 0 aliphatic rings. The fourth-order valence-electron chi connectivity index (χ4n) is 1.43. The molecule has 0 spiro atoms. The van der Waals surface area contributed by atoms with Gasteiger partial charge in [0.1, 0.15) is 5.78 Å². The first-order valence-corrected chi connectivity index (χ1v) is 5.38. The number of ketones is 1. The number of unbranched alkanes of at least 4 members (excludes halogenated alkanes) is 1. The van der Waals surface area contributed by atoms with Crippen LogP contribution >= 0.6 is 0 Å². The minimum Gasteiger partial charge on any atom is -0.300 e. The molecule has 14 heavy (non-hydrogen) atoms. The Labute approximate surface area is 86.1 Å². The summed E-state index contributed by atoms with van der Waals surface area (Å²) in [5, 5.41) is 0. The predicted octanol–water partition coefficient (Wildman–Crippen LogP) is 3.38. The van der Waals surface area contributed by atoms with Crippen molar-refractivity contribution in [3.8, 4) is 0 Å². The first kappa shape index (κ1) is 11.0. The summed E-state index contributed by atoms with van der Waals surface area (Å²) in [4.78, 5) is 11.4. The Balaban J connectivity index is 2.24. The van der Waals surface area contributed by atoms with Crippen molar-refractivity contribution < 1.29 is 4.79 Å². The average Bonchev–Trinajstić information content (AvgIpc) is 2.25. The van der Waals surface area contributed by atoms with Crippen LogP contribution in [-0.4, -0.2) is 5.78 Å². The van der Waals surface area contributed by atoms with Gasteiger partial charge in [-0.05, 0) is 18.4 Å². The smallest absolute Gasteiger partial charge is 0.133 e. The molecule has 0 fully saturated rings. The van der Waals surface area contributed by atoms with Crippen molar-refractivity contribution in [2.24, 2.45) is 0 Å². The van der Waals surface area contributed by atoms with Crippen molar-refractivity contribution in [3.63, 3.8) is 0 Å². The molecule has 0 bridgehead atoms. The third kappa shape index (κ3) is 4.22. The molecule has 0 heterocycles. The Kier molecular flexibility index (Phi) is 4.98. The summed E-state index contributed by atoms with van der Waals surface area (Å²) in [6.07, 6.45) is 4.49. The zero-order chi connectivity index (χ0) is 10.2. The molecular weight excluding hydrogens is 172 g/mol. The number of benzene rings is 1. The second-order valence-electron chi connectivity index (χ2n) is 3.63. The van der Waals surface area contributed by atoms with Crippen LogP contribution in [0.1, 0.15) is 38.2 Å². The number of carbonyl (C=O) groups excluding carboxylic acids is 1. The number of hydrogen-bond acceptors (Lipinski definition) is 1. The predicted molar refractivity (Wildman–Crippen MR) is 59.3 cm³/mol. The van der Waals surface area contributed by atoms with Crippen molar-refractivity contribution in [1.82, 2.24) is 0 Å². The van der Waals surface area contributed by atoms with E-state index in [1.807, 2.05) is 18.2 Å². The van der Waals surface area contributed by atoms with E-state index < -0.39 is 0 Å². The molecule has 0 radical (unpaired) electrons. The lowest BCUT2D eigenvalue weighted by molar-refractivity contribution is -0.119. The van der Waals surface area contributed by atoms with Gasteiger partial charge in [-0.25, -0.2) is 0 Å². The number of hydrogen-bond donors (Lipinski definition) is 0. The molecule has 0 saturated heterocycles. The largest absolute Gasteiger partial charge is 0.300 e. The summed E-state index contributed by atoms with van der Waals surface area (Å²) in [5.41, 5.74) is 1.26. The van der Waals surface area contributed by atoms with Crippen molar-refractivity contribution in [3.05, 3.63) is 35.9 Å². The lowest BCUT2D eigenvalue weighted by atomic mass is 10.0. The maximum atomic E-state index is 11.4. The summed E-state index contributed by atoms with van der Waals surface area (Å²) in [7, 11) is 0. The second kappa shape index (κ2) is 6.36. The number of aryl methyl sites for hydroxylation is 1. The minimum atomic E-state index is 0.399. The molecule has 0 aliphatic heterocycles. The van der Waals surface area contributed by atoms with Gasteiger partial charge in [0.05, 0.1) is 0 Å². The van der Waals surface area contributed by atoms with Crippen LogP contribution in [0, 0.1) is 0 Å². The lowest BCUT2D eigenvalue weighted by Crippen LogP contribution is -1.99. The highest BCUT2D eigenvalue weighted by Crippen LogP contribution is 2.05. The first-order valence-electron chi connectivity index (χ1n) is 5.38. The Bertz CT molecular complexity index is 264. The van der Waals surface area contributed by atoms with Crippen LogP contribution in [0.3, 0.4) is 0 Å². The Morgan fingerprint density at radius 2 is 1.86 bits per heavy atom. The van der Waals surface area contributed by atoms with E-state index >= 15 is 0 Å². The van der Waals surface area contributed by atoms with Crippen molar-refractivity contribution in [2.45, 2.75) is 39.0 Å². The molecule has 0 atom stereocenters. The number of carbonyl (C=O) groups is 1. The summed E-state index contributed by atoms with van der Waals surface area (Å²) in [6.45, 7) is 2.12. The SMILES string of the molecule is CCCCC(=O)CCc1ccccc1. The van der Waals surface area contributed by atoms with Crippen molar-refractivity contribution in [2.75, 3.05) is 0 Å². The molecule has 1 nitrogen and oxygen atoms in total. The zero-order valence-corrected chi connectivity index (χ0v) is 8.83. The third-order valence-electron chi connectivity index (χ3n) is 2.34. The molecule has 0 amide bonds. The molecular formula is C13H18O. The highest BCUT2D eigenvalue weighted by atomic mass is 16.1. The van der Waals surface area contributed by atoms with Gasteiger partial charge in [-0.1, -0.05) is 43.7 Å². The Hall–Kier alpha value is -1.11. The van der Waals surface area contributed by atoms with Gasteiger partial charge in [0.15, 0.2) is 0 Å².